The molecule has 180 valence electrons. The predicted octanol–water partition coefficient (Wildman–Crippen LogP) is 6.01. The van der Waals surface area contributed by atoms with E-state index in [0.29, 0.717) is 21.2 Å². The number of thioether (sulfide) groups is 1. The number of carbonyl (C=O) groups is 2. The number of rotatable bonds is 7. The Morgan fingerprint density at radius 2 is 1.71 bits per heavy atom. The summed E-state index contributed by atoms with van der Waals surface area (Å²) in [7, 11) is -2.74. The van der Waals surface area contributed by atoms with Crippen LogP contribution in [0.3, 0.4) is 0 Å². The molecular weight excluding hydrogens is 533 g/mol. The Hall–Kier alpha value is -2.98. The first-order valence-corrected chi connectivity index (χ1v) is 13.0. The molecule has 0 N–H and O–H groups in total. The Morgan fingerprint density at radius 3 is 2.40 bits per heavy atom. The van der Waals surface area contributed by atoms with Gasteiger partial charge in [-0.25, -0.2) is 0 Å². The predicted molar refractivity (Wildman–Crippen MR) is 135 cm³/mol. The third-order valence-electron chi connectivity index (χ3n) is 4.93. The van der Waals surface area contributed by atoms with Crippen molar-refractivity contribution in [2.75, 3.05) is 7.11 Å². The quantitative estimate of drug-likeness (QED) is 0.263. The summed E-state index contributed by atoms with van der Waals surface area (Å²) < 4.78 is 35.9. The monoisotopic (exact) mass is 549 g/mol. The van der Waals surface area contributed by atoms with Crippen molar-refractivity contribution >= 4 is 62.3 Å². The molecule has 1 saturated heterocycles. The van der Waals surface area contributed by atoms with Crippen molar-refractivity contribution in [3.8, 4) is 11.5 Å². The lowest BCUT2D eigenvalue weighted by Gasteiger charge is -2.13. The number of methoxy groups -OCH3 is 1. The van der Waals surface area contributed by atoms with E-state index in [1.54, 1.807) is 36.4 Å². The van der Waals surface area contributed by atoms with Gasteiger partial charge in [-0.05, 0) is 65.4 Å². The molecule has 0 aromatic heterocycles. The van der Waals surface area contributed by atoms with E-state index in [1.165, 1.54) is 43.5 Å². The van der Waals surface area contributed by atoms with E-state index in [9.17, 15) is 18.0 Å². The van der Waals surface area contributed by atoms with Crippen LogP contribution in [-0.4, -0.2) is 31.6 Å². The second kappa shape index (κ2) is 10.3. The van der Waals surface area contributed by atoms with E-state index in [-0.39, 0.29) is 27.8 Å². The molecule has 0 saturated carbocycles. The van der Waals surface area contributed by atoms with Gasteiger partial charge in [-0.2, -0.15) is 8.42 Å². The number of benzene rings is 3. The summed E-state index contributed by atoms with van der Waals surface area (Å²) in [5.41, 5.74) is 1.02. The normalized spacial score (nSPS) is 15.1. The van der Waals surface area contributed by atoms with Gasteiger partial charge < -0.3 is 8.92 Å². The van der Waals surface area contributed by atoms with Crippen LogP contribution in [0.2, 0.25) is 10.0 Å². The maximum absolute atomic E-state index is 12.9. The van der Waals surface area contributed by atoms with Gasteiger partial charge in [-0.15, -0.1) is 0 Å². The molecule has 0 unspecified atom stereocenters. The highest BCUT2D eigenvalue weighted by Gasteiger charge is 2.35. The van der Waals surface area contributed by atoms with Crippen molar-refractivity contribution in [2.45, 2.75) is 11.4 Å². The fourth-order valence-electron chi connectivity index (χ4n) is 3.21. The lowest BCUT2D eigenvalue weighted by molar-refractivity contribution is -0.123. The number of hydrogen-bond acceptors (Lipinski definition) is 7. The summed E-state index contributed by atoms with van der Waals surface area (Å²) in [6.07, 6.45) is 1.48. The fraction of sp³-hybridized carbons (Fsp3) is 0.0833. The zero-order valence-corrected chi connectivity index (χ0v) is 21.2. The van der Waals surface area contributed by atoms with Gasteiger partial charge >= 0.3 is 10.1 Å². The van der Waals surface area contributed by atoms with Crippen molar-refractivity contribution in [1.82, 2.24) is 4.90 Å². The number of nitrogens with zero attached hydrogens (tertiary/aromatic N) is 1. The molecule has 0 radical (unpaired) electrons. The minimum Gasteiger partial charge on any atom is -0.493 e. The van der Waals surface area contributed by atoms with Gasteiger partial charge in [-0.3, -0.25) is 14.5 Å². The third-order valence-corrected chi connectivity index (χ3v) is 7.68. The highest BCUT2D eigenvalue weighted by Crippen LogP contribution is 2.36. The SMILES string of the molecule is COc1ccc(/C=C2\SC(=O)N(Cc3ccc(Cl)cc3Cl)C2=O)cc1OS(=O)(=O)c1ccccc1. The van der Waals surface area contributed by atoms with Crippen LogP contribution in [0.4, 0.5) is 4.79 Å². The highest BCUT2D eigenvalue weighted by molar-refractivity contribution is 8.18. The molecule has 1 aliphatic rings. The van der Waals surface area contributed by atoms with Crippen molar-refractivity contribution in [3.05, 3.63) is 92.8 Å². The summed E-state index contributed by atoms with van der Waals surface area (Å²) in [5.74, 6) is -0.370. The first-order chi connectivity index (χ1) is 16.7. The third kappa shape index (κ3) is 5.65. The van der Waals surface area contributed by atoms with Crippen molar-refractivity contribution in [3.63, 3.8) is 0 Å². The number of hydrogen-bond donors (Lipinski definition) is 0. The van der Waals surface area contributed by atoms with Gasteiger partial charge in [0.1, 0.15) is 4.90 Å². The Labute approximate surface area is 216 Å². The average molecular weight is 550 g/mol. The molecule has 4 rings (SSSR count). The molecule has 1 aliphatic heterocycles. The number of imide groups is 1. The molecule has 3 aromatic rings. The molecule has 3 aromatic carbocycles. The van der Waals surface area contributed by atoms with Gasteiger partial charge in [0.2, 0.25) is 0 Å². The van der Waals surface area contributed by atoms with Crippen LogP contribution in [0.5, 0.6) is 11.5 Å². The Morgan fingerprint density at radius 1 is 0.971 bits per heavy atom. The molecule has 2 amide bonds. The first-order valence-electron chi connectivity index (χ1n) is 10.0. The molecular formula is C24H17Cl2NO6S2. The molecule has 11 heteroatoms. The minimum absolute atomic E-state index is 0.00962. The Kier molecular flexibility index (Phi) is 7.42. The second-order valence-corrected chi connectivity index (χ2v) is 10.6. The zero-order chi connectivity index (χ0) is 25.2. The second-order valence-electron chi connectivity index (χ2n) is 7.26. The summed E-state index contributed by atoms with van der Waals surface area (Å²) in [6, 6.07) is 17.0. The summed E-state index contributed by atoms with van der Waals surface area (Å²) in [5, 5.41) is 0.334. The van der Waals surface area contributed by atoms with E-state index in [1.807, 2.05) is 0 Å². The van der Waals surface area contributed by atoms with Crippen LogP contribution in [0, 0.1) is 0 Å². The lowest BCUT2D eigenvalue weighted by Crippen LogP contribution is -2.27. The van der Waals surface area contributed by atoms with Crippen LogP contribution in [0.25, 0.3) is 6.08 Å². The van der Waals surface area contributed by atoms with Crippen molar-refractivity contribution in [2.24, 2.45) is 0 Å². The molecule has 0 spiro atoms. The molecule has 35 heavy (non-hydrogen) atoms. The van der Waals surface area contributed by atoms with Gasteiger partial charge in [0.05, 0.1) is 18.6 Å². The molecule has 1 heterocycles. The summed E-state index contributed by atoms with van der Waals surface area (Å²) in [6.45, 7) is -0.00962. The van der Waals surface area contributed by atoms with Crippen LogP contribution in [0.1, 0.15) is 11.1 Å². The van der Waals surface area contributed by atoms with Gasteiger partial charge in [-0.1, -0.05) is 53.5 Å². The number of amides is 2. The smallest absolute Gasteiger partial charge is 0.339 e. The zero-order valence-electron chi connectivity index (χ0n) is 18.1. The van der Waals surface area contributed by atoms with Gasteiger partial charge in [0.25, 0.3) is 11.1 Å². The van der Waals surface area contributed by atoms with Crippen LogP contribution in [0.15, 0.2) is 76.5 Å². The minimum atomic E-state index is -4.12. The van der Waals surface area contributed by atoms with E-state index < -0.39 is 21.3 Å². The number of carbonyl (C=O) groups excluding carboxylic acids is 2. The molecule has 0 aliphatic carbocycles. The van der Waals surface area contributed by atoms with Crippen LogP contribution >= 0.6 is 35.0 Å². The summed E-state index contributed by atoms with van der Waals surface area (Å²) >= 11 is 12.9. The van der Waals surface area contributed by atoms with E-state index in [4.69, 9.17) is 32.1 Å². The first kappa shape index (κ1) is 25.1. The van der Waals surface area contributed by atoms with Crippen molar-refractivity contribution in [1.29, 1.82) is 0 Å². The molecule has 7 nitrogen and oxygen atoms in total. The van der Waals surface area contributed by atoms with Crippen LogP contribution < -0.4 is 8.92 Å². The topological polar surface area (TPSA) is 90.0 Å². The van der Waals surface area contributed by atoms with Gasteiger partial charge in [0.15, 0.2) is 11.5 Å². The maximum Gasteiger partial charge on any atom is 0.339 e. The van der Waals surface area contributed by atoms with Gasteiger partial charge in [0, 0.05) is 10.0 Å². The maximum atomic E-state index is 12.9. The molecule has 1 fully saturated rings. The largest absolute Gasteiger partial charge is 0.493 e. The standard InChI is InChI=1S/C24H17Cl2NO6S2/c1-32-20-10-7-15(11-21(20)33-35(30,31)18-5-3-2-4-6-18)12-22-23(28)27(24(29)34-22)14-16-8-9-17(25)13-19(16)26/h2-13H,14H2,1H3/b22-12-. The number of halogens is 2. The van der Waals surface area contributed by atoms with Crippen LogP contribution in [-0.2, 0) is 21.5 Å². The molecule has 0 atom stereocenters. The Bertz CT molecular complexity index is 1440. The average Bonchev–Trinajstić information content (AvgIpc) is 3.08. The lowest BCUT2D eigenvalue weighted by atomic mass is 10.1. The Balaban J connectivity index is 1.60. The van der Waals surface area contributed by atoms with Crippen molar-refractivity contribution < 1.29 is 26.9 Å². The highest BCUT2D eigenvalue weighted by atomic mass is 35.5. The van der Waals surface area contributed by atoms with E-state index in [2.05, 4.69) is 0 Å². The van der Waals surface area contributed by atoms with E-state index in [0.717, 1.165) is 16.7 Å². The molecule has 0 bridgehead atoms. The van der Waals surface area contributed by atoms with E-state index >= 15 is 0 Å². The number of ether oxygens (including phenoxy) is 1. The fourth-order valence-corrected chi connectivity index (χ4v) is 5.47. The summed E-state index contributed by atoms with van der Waals surface area (Å²) in [4.78, 5) is 26.7.